The summed E-state index contributed by atoms with van der Waals surface area (Å²) >= 11 is 0. The number of nitrogens with two attached hydrogens (primary N) is 1. The molecule has 7 heteroatoms. The van der Waals surface area contributed by atoms with Gasteiger partial charge in [-0.2, -0.15) is 13.2 Å². The molecule has 1 aromatic heterocycles. The van der Waals surface area contributed by atoms with Gasteiger partial charge in [-0.1, -0.05) is 0 Å². The van der Waals surface area contributed by atoms with Gasteiger partial charge in [0.05, 0.1) is 5.56 Å². The van der Waals surface area contributed by atoms with Crippen LogP contribution in [0.2, 0.25) is 0 Å². The van der Waals surface area contributed by atoms with Gasteiger partial charge in [-0.05, 0) is 18.2 Å². The van der Waals surface area contributed by atoms with Crippen molar-refractivity contribution in [1.82, 2.24) is 9.55 Å². The maximum atomic E-state index is 13.7. The zero-order valence-electron chi connectivity index (χ0n) is 10.7. The second-order valence-corrected chi connectivity index (χ2v) is 4.50. The molecule has 108 valence electrons. The SMILES string of the molecule is Cn1ccnc1CC(N)c1cc(C(F)(F)F)ccc1F. The largest absolute Gasteiger partial charge is 0.416 e. The number of alkyl halides is 3. The summed E-state index contributed by atoms with van der Waals surface area (Å²) in [6, 6.07) is 1.35. The highest BCUT2D eigenvalue weighted by Crippen LogP contribution is 2.32. The predicted molar refractivity (Wildman–Crippen MR) is 65.2 cm³/mol. The molecule has 1 unspecified atom stereocenters. The van der Waals surface area contributed by atoms with Crippen LogP contribution in [0.3, 0.4) is 0 Å². The maximum Gasteiger partial charge on any atom is 0.416 e. The molecule has 0 radical (unpaired) electrons. The molecule has 0 aliphatic heterocycles. The molecule has 0 aliphatic rings. The van der Waals surface area contributed by atoms with Gasteiger partial charge >= 0.3 is 6.18 Å². The van der Waals surface area contributed by atoms with Crippen molar-refractivity contribution in [3.63, 3.8) is 0 Å². The first-order valence-electron chi connectivity index (χ1n) is 5.87. The fraction of sp³-hybridized carbons (Fsp3) is 0.308. The summed E-state index contributed by atoms with van der Waals surface area (Å²) in [6.45, 7) is 0. The summed E-state index contributed by atoms with van der Waals surface area (Å²) < 4.78 is 53.2. The lowest BCUT2D eigenvalue weighted by Crippen LogP contribution is -2.18. The van der Waals surface area contributed by atoms with E-state index in [2.05, 4.69) is 4.98 Å². The summed E-state index contributed by atoms with van der Waals surface area (Å²) in [4.78, 5) is 4.02. The van der Waals surface area contributed by atoms with E-state index in [1.54, 1.807) is 24.0 Å². The molecule has 1 aromatic carbocycles. The molecule has 0 fully saturated rings. The minimum Gasteiger partial charge on any atom is -0.338 e. The molecule has 0 amide bonds. The number of imidazole rings is 1. The first-order valence-corrected chi connectivity index (χ1v) is 5.87. The summed E-state index contributed by atoms with van der Waals surface area (Å²) in [5.41, 5.74) is 4.73. The van der Waals surface area contributed by atoms with Gasteiger partial charge in [-0.15, -0.1) is 0 Å². The van der Waals surface area contributed by atoms with E-state index >= 15 is 0 Å². The van der Waals surface area contributed by atoms with Crippen molar-refractivity contribution in [3.8, 4) is 0 Å². The number of hydrogen-bond donors (Lipinski definition) is 1. The van der Waals surface area contributed by atoms with E-state index in [1.807, 2.05) is 0 Å². The number of aromatic nitrogens is 2. The Kier molecular flexibility index (Phi) is 3.80. The molecular weight excluding hydrogens is 274 g/mol. The number of hydrogen-bond acceptors (Lipinski definition) is 2. The third-order valence-corrected chi connectivity index (χ3v) is 3.05. The fourth-order valence-electron chi connectivity index (χ4n) is 1.90. The van der Waals surface area contributed by atoms with Crippen LogP contribution in [0.5, 0.6) is 0 Å². The van der Waals surface area contributed by atoms with E-state index in [0.717, 1.165) is 12.1 Å². The van der Waals surface area contributed by atoms with Gasteiger partial charge in [0, 0.05) is 37.5 Å². The molecule has 1 atom stereocenters. The zero-order chi connectivity index (χ0) is 14.9. The van der Waals surface area contributed by atoms with E-state index in [9.17, 15) is 17.6 Å². The molecule has 0 bridgehead atoms. The highest BCUT2D eigenvalue weighted by Gasteiger charge is 2.31. The van der Waals surface area contributed by atoms with Gasteiger partial charge < -0.3 is 10.3 Å². The molecule has 3 nitrogen and oxygen atoms in total. The van der Waals surface area contributed by atoms with Gasteiger partial charge in [0.1, 0.15) is 11.6 Å². The van der Waals surface area contributed by atoms with Crippen LogP contribution in [0.15, 0.2) is 30.6 Å². The maximum absolute atomic E-state index is 13.7. The molecule has 0 saturated heterocycles. The average Bonchev–Trinajstić information content (AvgIpc) is 2.74. The topological polar surface area (TPSA) is 43.8 Å². The van der Waals surface area contributed by atoms with Gasteiger partial charge in [-0.25, -0.2) is 9.37 Å². The molecule has 0 aliphatic carbocycles. The van der Waals surface area contributed by atoms with Crippen molar-refractivity contribution in [2.75, 3.05) is 0 Å². The molecular formula is C13H13F4N3. The van der Waals surface area contributed by atoms with Gasteiger partial charge in [-0.3, -0.25) is 0 Å². The van der Waals surface area contributed by atoms with Gasteiger partial charge in [0.2, 0.25) is 0 Å². The third-order valence-electron chi connectivity index (χ3n) is 3.05. The summed E-state index contributed by atoms with van der Waals surface area (Å²) in [5.74, 6) is -0.172. The second kappa shape index (κ2) is 5.24. The van der Waals surface area contributed by atoms with Crippen LogP contribution >= 0.6 is 0 Å². The zero-order valence-corrected chi connectivity index (χ0v) is 10.7. The van der Waals surface area contributed by atoms with Crippen LogP contribution in [-0.4, -0.2) is 9.55 Å². The van der Waals surface area contributed by atoms with Crippen LogP contribution in [0, 0.1) is 5.82 Å². The summed E-state index contributed by atoms with van der Waals surface area (Å²) in [6.07, 6.45) is -1.14. The first-order chi connectivity index (χ1) is 9.29. The smallest absolute Gasteiger partial charge is 0.338 e. The molecule has 0 spiro atoms. The van der Waals surface area contributed by atoms with Crippen LogP contribution < -0.4 is 5.73 Å². The van der Waals surface area contributed by atoms with Crippen molar-refractivity contribution in [1.29, 1.82) is 0 Å². The van der Waals surface area contributed by atoms with E-state index < -0.39 is 23.6 Å². The third kappa shape index (κ3) is 2.98. The molecule has 2 N–H and O–H groups in total. The fourth-order valence-corrected chi connectivity index (χ4v) is 1.90. The number of benzene rings is 1. The van der Waals surface area contributed by atoms with Crippen LogP contribution in [-0.2, 0) is 19.6 Å². The number of aryl methyl sites for hydroxylation is 1. The van der Waals surface area contributed by atoms with E-state index in [1.165, 1.54) is 0 Å². The van der Waals surface area contributed by atoms with Crippen molar-refractivity contribution in [2.24, 2.45) is 12.8 Å². The Balaban J connectivity index is 2.29. The Hall–Kier alpha value is -1.89. The monoisotopic (exact) mass is 287 g/mol. The first kappa shape index (κ1) is 14.5. The van der Waals surface area contributed by atoms with Crippen molar-refractivity contribution in [3.05, 3.63) is 53.4 Å². The van der Waals surface area contributed by atoms with Crippen molar-refractivity contribution >= 4 is 0 Å². The lowest BCUT2D eigenvalue weighted by atomic mass is 10.0. The Labute approximate surface area is 113 Å². The average molecular weight is 287 g/mol. The molecule has 20 heavy (non-hydrogen) atoms. The van der Waals surface area contributed by atoms with E-state index in [-0.39, 0.29) is 12.0 Å². The highest BCUT2D eigenvalue weighted by atomic mass is 19.4. The Morgan fingerprint density at radius 2 is 2.05 bits per heavy atom. The lowest BCUT2D eigenvalue weighted by molar-refractivity contribution is -0.137. The molecule has 2 rings (SSSR count). The molecule has 1 heterocycles. The Morgan fingerprint density at radius 1 is 1.35 bits per heavy atom. The number of halogens is 4. The second-order valence-electron chi connectivity index (χ2n) is 4.50. The van der Waals surface area contributed by atoms with Gasteiger partial charge in [0.15, 0.2) is 0 Å². The van der Waals surface area contributed by atoms with E-state index in [4.69, 9.17) is 5.73 Å². The number of rotatable bonds is 3. The van der Waals surface area contributed by atoms with Crippen LogP contribution in [0.1, 0.15) is 23.0 Å². The Bertz CT molecular complexity index is 604. The minimum absolute atomic E-state index is 0.154. The Morgan fingerprint density at radius 3 is 2.60 bits per heavy atom. The predicted octanol–water partition coefficient (Wildman–Crippen LogP) is 2.82. The van der Waals surface area contributed by atoms with Crippen molar-refractivity contribution in [2.45, 2.75) is 18.6 Å². The normalized spacial score (nSPS) is 13.5. The number of nitrogens with zero attached hydrogens (tertiary/aromatic N) is 2. The lowest BCUT2D eigenvalue weighted by Gasteiger charge is -2.15. The van der Waals surface area contributed by atoms with Gasteiger partial charge in [0.25, 0.3) is 0 Å². The molecule has 2 aromatic rings. The standard InChI is InChI=1S/C13H13F4N3/c1-20-5-4-19-12(20)7-11(18)9-6-8(13(15,16)17)2-3-10(9)14/h2-6,11H,7,18H2,1H3. The minimum atomic E-state index is -4.52. The summed E-state index contributed by atoms with van der Waals surface area (Å²) in [7, 11) is 1.73. The molecule has 0 saturated carbocycles. The van der Waals surface area contributed by atoms with E-state index in [0.29, 0.717) is 11.9 Å². The van der Waals surface area contributed by atoms with Crippen LogP contribution in [0.25, 0.3) is 0 Å². The quantitative estimate of drug-likeness (QED) is 0.882. The van der Waals surface area contributed by atoms with Crippen molar-refractivity contribution < 1.29 is 17.6 Å². The highest BCUT2D eigenvalue weighted by molar-refractivity contribution is 5.29. The van der Waals surface area contributed by atoms with Crippen LogP contribution in [0.4, 0.5) is 17.6 Å². The summed E-state index contributed by atoms with van der Waals surface area (Å²) in [5, 5.41) is 0.